The van der Waals surface area contributed by atoms with Gasteiger partial charge in [-0.2, -0.15) is 0 Å². The first-order valence-corrected chi connectivity index (χ1v) is 8.47. The van der Waals surface area contributed by atoms with Crippen molar-refractivity contribution >= 4 is 34.8 Å². The Morgan fingerprint density at radius 3 is 2.08 bits per heavy atom. The molecule has 0 aliphatic heterocycles. The molecule has 134 valence electrons. The molecule has 0 spiro atoms. The number of carbonyl (C=O) groups is 3. The number of hydrogen-bond donors (Lipinski definition) is 3. The summed E-state index contributed by atoms with van der Waals surface area (Å²) in [5.74, 6) is -0.810. The number of para-hydroxylation sites is 1. The third-order valence-corrected chi connectivity index (χ3v) is 4.45. The highest BCUT2D eigenvalue weighted by Crippen LogP contribution is 2.47. The van der Waals surface area contributed by atoms with E-state index in [0.29, 0.717) is 29.9 Å². The maximum Gasteiger partial charge on any atom is 0.240 e. The number of carbonyl (C=O) groups excluding carboxylic acids is 3. The number of anilines is 3. The van der Waals surface area contributed by atoms with Crippen LogP contribution < -0.4 is 16.0 Å². The molecule has 2 aromatic rings. The second-order valence-corrected chi connectivity index (χ2v) is 6.57. The Labute approximate surface area is 152 Å². The van der Waals surface area contributed by atoms with E-state index in [4.69, 9.17) is 0 Å². The SMILES string of the molecule is CC(=O)Nc1cccc(NC(=O)C2(C(=O)Nc3ccccc3C)CC2)c1. The zero-order valence-electron chi connectivity index (χ0n) is 14.8. The summed E-state index contributed by atoms with van der Waals surface area (Å²) in [6, 6.07) is 14.3. The molecule has 6 heteroatoms. The molecule has 1 aliphatic rings. The van der Waals surface area contributed by atoms with Crippen molar-refractivity contribution < 1.29 is 14.4 Å². The second-order valence-electron chi connectivity index (χ2n) is 6.57. The van der Waals surface area contributed by atoms with E-state index < -0.39 is 5.41 Å². The van der Waals surface area contributed by atoms with Gasteiger partial charge in [0.05, 0.1) is 0 Å². The maximum atomic E-state index is 12.7. The predicted molar refractivity (Wildman–Crippen MR) is 101 cm³/mol. The van der Waals surface area contributed by atoms with Gasteiger partial charge in [0.1, 0.15) is 5.41 Å². The summed E-state index contributed by atoms with van der Waals surface area (Å²) in [5, 5.41) is 8.31. The lowest BCUT2D eigenvalue weighted by molar-refractivity contribution is -0.131. The van der Waals surface area contributed by atoms with Crippen molar-refractivity contribution in [2.75, 3.05) is 16.0 Å². The Morgan fingerprint density at radius 2 is 1.46 bits per heavy atom. The van der Waals surface area contributed by atoms with E-state index >= 15 is 0 Å². The Hall–Kier alpha value is -3.15. The van der Waals surface area contributed by atoms with Crippen LogP contribution in [0, 0.1) is 12.3 Å². The third-order valence-electron chi connectivity index (χ3n) is 4.45. The molecule has 3 rings (SSSR count). The van der Waals surface area contributed by atoms with Gasteiger partial charge in [-0.15, -0.1) is 0 Å². The summed E-state index contributed by atoms with van der Waals surface area (Å²) in [6.07, 6.45) is 1.03. The fourth-order valence-electron chi connectivity index (χ4n) is 2.77. The number of hydrogen-bond acceptors (Lipinski definition) is 3. The van der Waals surface area contributed by atoms with Crippen LogP contribution in [0.1, 0.15) is 25.3 Å². The molecule has 0 aromatic heterocycles. The van der Waals surface area contributed by atoms with Crippen molar-refractivity contribution in [3.63, 3.8) is 0 Å². The number of amides is 3. The van der Waals surface area contributed by atoms with Gasteiger partial charge in [0, 0.05) is 24.0 Å². The molecule has 0 unspecified atom stereocenters. The van der Waals surface area contributed by atoms with Gasteiger partial charge < -0.3 is 16.0 Å². The van der Waals surface area contributed by atoms with Gasteiger partial charge in [-0.25, -0.2) is 0 Å². The van der Waals surface area contributed by atoms with E-state index in [1.165, 1.54) is 6.92 Å². The van der Waals surface area contributed by atoms with Crippen LogP contribution >= 0.6 is 0 Å². The summed E-state index contributed by atoms with van der Waals surface area (Å²) < 4.78 is 0. The van der Waals surface area contributed by atoms with E-state index in [1.807, 2.05) is 31.2 Å². The summed E-state index contributed by atoms with van der Waals surface area (Å²) in [4.78, 5) is 36.5. The molecule has 1 fully saturated rings. The predicted octanol–water partition coefficient (Wildman–Crippen LogP) is 3.31. The molecule has 6 nitrogen and oxygen atoms in total. The van der Waals surface area contributed by atoms with Crippen molar-refractivity contribution in [1.82, 2.24) is 0 Å². The fraction of sp³-hybridized carbons (Fsp3) is 0.250. The molecule has 1 aliphatic carbocycles. The third kappa shape index (κ3) is 3.74. The molecular formula is C20H21N3O3. The first kappa shape index (κ1) is 17.7. The number of aryl methyl sites for hydroxylation is 1. The highest BCUT2D eigenvalue weighted by atomic mass is 16.2. The van der Waals surface area contributed by atoms with Crippen LogP contribution in [0.5, 0.6) is 0 Å². The zero-order chi connectivity index (χ0) is 18.7. The van der Waals surface area contributed by atoms with Crippen molar-refractivity contribution in [2.24, 2.45) is 5.41 Å². The van der Waals surface area contributed by atoms with Gasteiger partial charge in [-0.1, -0.05) is 24.3 Å². The van der Waals surface area contributed by atoms with Crippen LogP contribution in [-0.2, 0) is 14.4 Å². The molecule has 0 bridgehead atoms. The first-order valence-electron chi connectivity index (χ1n) is 8.47. The average Bonchev–Trinajstić information content (AvgIpc) is 3.38. The van der Waals surface area contributed by atoms with Crippen LogP contribution in [-0.4, -0.2) is 17.7 Å². The van der Waals surface area contributed by atoms with Crippen LogP contribution in [0.3, 0.4) is 0 Å². The standard InChI is InChI=1S/C20H21N3O3/c1-13-6-3-4-9-17(13)23-19(26)20(10-11-20)18(25)22-16-8-5-7-15(12-16)21-14(2)24/h3-9,12H,10-11H2,1-2H3,(H,21,24)(H,22,25)(H,23,26). The molecule has 26 heavy (non-hydrogen) atoms. The van der Waals surface area contributed by atoms with Crippen LogP contribution in [0.25, 0.3) is 0 Å². The summed E-state index contributed by atoms with van der Waals surface area (Å²) >= 11 is 0. The van der Waals surface area contributed by atoms with E-state index in [2.05, 4.69) is 16.0 Å². The van der Waals surface area contributed by atoms with Gasteiger partial charge in [0.15, 0.2) is 0 Å². The lowest BCUT2D eigenvalue weighted by Gasteiger charge is -2.17. The van der Waals surface area contributed by atoms with Crippen LogP contribution in [0.2, 0.25) is 0 Å². The molecule has 0 heterocycles. The lowest BCUT2D eigenvalue weighted by atomic mass is 10.0. The molecule has 3 amide bonds. The first-order chi connectivity index (χ1) is 12.4. The summed E-state index contributed by atoms with van der Waals surface area (Å²) in [5.41, 5.74) is 1.75. The Kier molecular flexibility index (Phi) is 4.75. The molecule has 1 saturated carbocycles. The van der Waals surface area contributed by atoms with E-state index in [1.54, 1.807) is 24.3 Å². The van der Waals surface area contributed by atoms with Crippen LogP contribution in [0.15, 0.2) is 48.5 Å². The minimum absolute atomic E-state index is 0.190. The summed E-state index contributed by atoms with van der Waals surface area (Å²) in [6.45, 7) is 3.32. The lowest BCUT2D eigenvalue weighted by Crippen LogP contribution is -2.35. The van der Waals surface area contributed by atoms with Gasteiger partial charge in [-0.05, 0) is 49.6 Å². The quantitative estimate of drug-likeness (QED) is 0.722. The Balaban J connectivity index is 1.70. The molecule has 3 N–H and O–H groups in total. The molecular weight excluding hydrogens is 330 g/mol. The van der Waals surface area contributed by atoms with Gasteiger partial charge in [-0.3, -0.25) is 14.4 Å². The number of nitrogens with one attached hydrogen (secondary N) is 3. The monoisotopic (exact) mass is 351 g/mol. The van der Waals surface area contributed by atoms with Crippen molar-refractivity contribution in [1.29, 1.82) is 0 Å². The number of benzene rings is 2. The smallest absolute Gasteiger partial charge is 0.240 e. The minimum atomic E-state index is -1.04. The van der Waals surface area contributed by atoms with E-state index in [-0.39, 0.29) is 17.7 Å². The topological polar surface area (TPSA) is 87.3 Å². The average molecular weight is 351 g/mol. The molecule has 0 saturated heterocycles. The Bertz CT molecular complexity index is 872. The van der Waals surface area contributed by atoms with Gasteiger partial charge >= 0.3 is 0 Å². The number of rotatable bonds is 5. The van der Waals surface area contributed by atoms with Gasteiger partial charge in [0.25, 0.3) is 0 Å². The van der Waals surface area contributed by atoms with Crippen molar-refractivity contribution in [3.8, 4) is 0 Å². The normalized spacial score (nSPS) is 14.2. The second kappa shape index (κ2) is 7.00. The summed E-state index contributed by atoms with van der Waals surface area (Å²) in [7, 11) is 0. The maximum absolute atomic E-state index is 12.7. The van der Waals surface area contributed by atoms with Crippen molar-refractivity contribution in [2.45, 2.75) is 26.7 Å². The molecule has 0 radical (unpaired) electrons. The largest absolute Gasteiger partial charge is 0.326 e. The Morgan fingerprint density at radius 1 is 0.846 bits per heavy atom. The van der Waals surface area contributed by atoms with E-state index in [9.17, 15) is 14.4 Å². The highest BCUT2D eigenvalue weighted by molar-refractivity contribution is 6.17. The zero-order valence-corrected chi connectivity index (χ0v) is 14.8. The molecule has 2 aromatic carbocycles. The van der Waals surface area contributed by atoms with E-state index in [0.717, 1.165) is 5.56 Å². The van der Waals surface area contributed by atoms with Crippen LogP contribution in [0.4, 0.5) is 17.1 Å². The highest BCUT2D eigenvalue weighted by Gasteiger charge is 2.56. The molecule has 0 atom stereocenters. The van der Waals surface area contributed by atoms with Crippen molar-refractivity contribution in [3.05, 3.63) is 54.1 Å². The minimum Gasteiger partial charge on any atom is -0.326 e. The fourth-order valence-corrected chi connectivity index (χ4v) is 2.77. The van der Waals surface area contributed by atoms with Gasteiger partial charge in [0.2, 0.25) is 17.7 Å².